The standard InChI is InChI=1S/C18H25N3O3/c1-20(17(22)14-8-9-15(19-14)18(23)24)12-13-6-2-3-7-16(13)21-10-4-5-11-21/h2-3,6-7,14-15,19H,4-5,8-12H2,1H3,(H,23,24)/t14-,15+/m1/s1. The Bertz CT molecular complexity index is 613. The lowest BCUT2D eigenvalue weighted by Crippen LogP contribution is -2.45. The van der Waals surface area contributed by atoms with Crippen LogP contribution in [-0.2, 0) is 16.1 Å². The number of carbonyl (C=O) groups is 2. The summed E-state index contributed by atoms with van der Waals surface area (Å²) in [4.78, 5) is 27.7. The molecule has 0 spiro atoms. The molecule has 2 saturated heterocycles. The Labute approximate surface area is 142 Å². The van der Waals surface area contributed by atoms with E-state index in [1.165, 1.54) is 18.5 Å². The first kappa shape index (κ1) is 16.8. The summed E-state index contributed by atoms with van der Waals surface area (Å²) in [6.45, 7) is 2.68. The van der Waals surface area contributed by atoms with Gasteiger partial charge in [-0.1, -0.05) is 18.2 Å². The fourth-order valence-corrected chi connectivity index (χ4v) is 3.64. The number of carbonyl (C=O) groups excluding carboxylic acids is 1. The van der Waals surface area contributed by atoms with Crippen LogP contribution in [0.15, 0.2) is 24.3 Å². The van der Waals surface area contributed by atoms with Crippen LogP contribution >= 0.6 is 0 Å². The van der Waals surface area contributed by atoms with Crippen molar-refractivity contribution in [3.8, 4) is 0 Å². The molecule has 0 radical (unpaired) electrons. The summed E-state index contributed by atoms with van der Waals surface area (Å²) in [5, 5.41) is 12.0. The Kier molecular flexibility index (Phi) is 5.04. The molecule has 1 amide bonds. The Morgan fingerprint density at radius 2 is 1.88 bits per heavy atom. The van der Waals surface area contributed by atoms with Crippen molar-refractivity contribution in [2.45, 2.75) is 44.3 Å². The second-order valence-corrected chi connectivity index (χ2v) is 6.70. The average molecular weight is 331 g/mol. The van der Waals surface area contributed by atoms with Gasteiger partial charge in [0.05, 0.1) is 6.04 Å². The molecule has 0 aromatic heterocycles. The summed E-state index contributed by atoms with van der Waals surface area (Å²) in [6.07, 6.45) is 3.51. The molecule has 0 unspecified atom stereocenters. The summed E-state index contributed by atoms with van der Waals surface area (Å²) >= 11 is 0. The number of anilines is 1. The first-order chi connectivity index (χ1) is 11.6. The highest BCUT2D eigenvalue weighted by Gasteiger charge is 2.34. The van der Waals surface area contributed by atoms with Crippen molar-refractivity contribution in [2.24, 2.45) is 0 Å². The molecule has 1 aromatic carbocycles. The Morgan fingerprint density at radius 3 is 2.54 bits per heavy atom. The molecule has 1 aromatic rings. The molecule has 3 rings (SSSR count). The third kappa shape index (κ3) is 3.53. The quantitative estimate of drug-likeness (QED) is 0.854. The van der Waals surface area contributed by atoms with Crippen LogP contribution in [0.1, 0.15) is 31.2 Å². The van der Waals surface area contributed by atoms with E-state index in [9.17, 15) is 9.59 Å². The normalized spacial score (nSPS) is 23.5. The second kappa shape index (κ2) is 7.21. The van der Waals surface area contributed by atoms with E-state index in [-0.39, 0.29) is 5.91 Å². The van der Waals surface area contributed by atoms with Gasteiger partial charge in [-0.3, -0.25) is 14.9 Å². The van der Waals surface area contributed by atoms with Gasteiger partial charge in [-0.25, -0.2) is 0 Å². The Balaban J connectivity index is 1.65. The third-order valence-electron chi connectivity index (χ3n) is 4.96. The predicted octanol–water partition coefficient (Wildman–Crippen LogP) is 1.45. The summed E-state index contributed by atoms with van der Waals surface area (Å²) in [5.41, 5.74) is 2.35. The molecule has 0 bridgehead atoms. The zero-order valence-corrected chi connectivity index (χ0v) is 14.1. The number of para-hydroxylation sites is 1. The number of hydrogen-bond donors (Lipinski definition) is 2. The molecule has 0 saturated carbocycles. The number of carboxylic acids is 1. The maximum atomic E-state index is 12.6. The van der Waals surface area contributed by atoms with Crippen LogP contribution < -0.4 is 10.2 Å². The number of rotatable bonds is 5. The van der Waals surface area contributed by atoms with Crippen molar-refractivity contribution in [1.29, 1.82) is 0 Å². The highest BCUT2D eigenvalue weighted by molar-refractivity contribution is 5.84. The third-order valence-corrected chi connectivity index (χ3v) is 4.96. The molecule has 2 aliphatic heterocycles. The zero-order chi connectivity index (χ0) is 17.1. The highest BCUT2D eigenvalue weighted by Crippen LogP contribution is 2.26. The summed E-state index contributed by atoms with van der Waals surface area (Å²) in [7, 11) is 1.79. The van der Waals surface area contributed by atoms with Gasteiger partial charge < -0.3 is 14.9 Å². The number of carboxylic acid groups (broad SMARTS) is 1. The van der Waals surface area contributed by atoms with E-state index < -0.39 is 18.1 Å². The Morgan fingerprint density at radius 1 is 1.21 bits per heavy atom. The molecule has 2 atom stereocenters. The zero-order valence-electron chi connectivity index (χ0n) is 14.1. The van der Waals surface area contributed by atoms with Crippen LogP contribution in [0, 0.1) is 0 Å². The van der Waals surface area contributed by atoms with Crippen LogP contribution in [0.25, 0.3) is 0 Å². The van der Waals surface area contributed by atoms with Crippen LogP contribution in [0.5, 0.6) is 0 Å². The van der Waals surface area contributed by atoms with Crippen molar-refractivity contribution in [1.82, 2.24) is 10.2 Å². The largest absolute Gasteiger partial charge is 0.480 e. The van der Waals surface area contributed by atoms with Crippen molar-refractivity contribution in [2.75, 3.05) is 25.0 Å². The molecular formula is C18H25N3O3. The average Bonchev–Trinajstić information content (AvgIpc) is 3.26. The molecule has 6 nitrogen and oxygen atoms in total. The first-order valence-corrected chi connectivity index (χ1v) is 8.63. The predicted molar refractivity (Wildman–Crippen MR) is 91.9 cm³/mol. The number of aliphatic carboxylic acids is 1. The molecule has 2 N–H and O–H groups in total. The SMILES string of the molecule is CN(Cc1ccccc1N1CCCC1)C(=O)[C@H]1CC[C@@H](C(=O)O)N1. The number of likely N-dealkylation sites (N-methyl/N-ethyl adjacent to an activating group) is 1. The fourth-order valence-electron chi connectivity index (χ4n) is 3.64. The van der Waals surface area contributed by atoms with Gasteiger partial charge >= 0.3 is 5.97 Å². The molecule has 2 aliphatic rings. The lowest BCUT2D eigenvalue weighted by Gasteiger charge is -2.26. The van der Waals surface area contributed by atoms with Crippen LogP contribution in [0.3, 0.4) is 0 Å². The van der Waals surface area contributed by atoms with E-state index in [1.54, 1.807) is 11.9 Å². The van der Waals surface area contributed by atoms with E-state index in [0.717, 1.165) is 18.7 Å². The molecule has 2 heterocycles. The maximum Gasteiger partial charge on any atom is 0.320 e. The lowest BCUT2D eigenvalue weighted by molar-refractivity contribution is -0.139. The topological polar surface area (TPSA) is 72.9 Å². The van der Waals surface area contributed by atoms with Gasteiger partial charge in [0.25, 0.3) is 0 Å². The Hall–Kier alpha value is -2.08. The molecule has 130 valence electrons. The van der Waals surface area contributed by atoms with Gasteiger partial charge in [0, 0.05) is 32.4 Å². The molecule has 24 heavy (non-hydrogen) atoms. The van der Waals surface area contributed by atoms with E-state index in [4.69, 9.17) is 5.11 Å². The van der Waals surface area contributed by atoms with E-state index in [2.05, 4.69) is 22.3 Å². The maximum absolute atomic E-state index is 12.6. The molecule has 0 aliphatic carbocycles. The fraction of sp³-hybridized carbons (Fsp3) is 0.556. The number of hydrogen-bond acceptors (Lipinski definition) is 4. The van der Waals surface area contributed by atoms with Crippen molar-refractivity contribution < 1.29 is 14.7 Å². The molecule has 2 fully saturated rings. The molecular weight excluding hydrogens is 306 g/mol. The summed E-state index contributed by atoms with van der Waals surface area (Å²) in [6, 6.07) is 7.22. The van der Waals surface area contributed by atoms with Crippen molar-refractivity contribution in [3.63, 3.8) is 0 Å². The second-order valence-electron chi connectivity index (χ2n) is 6.70. The minimum absolute atomic E-state index is 0.0324. The van der Waals surface area contributed by atoms with Crippen molar-refractivity contribution >= 4 is 17.6 Å². The number of benzene rings is 1. The van der Waals surface area contributed by atoms with E-state index >= 15 is 0 Å². The lowest BCUT2D eigenvalue weighted by atomic mass is 10.1. The van der Waals surface area contributed by atoms with E-state index in [1.807, 2.05) is 12.1 Å². The minimum atomic E-state index is -0.882. The van der Waals surface area contributed by atoms with Gasteiger partial charge in [0.2, 0.25) is 5.91 Å². The van der Waals surface area contributed by atoms with Crippen molar-refractivity contribution in [3.05, 3.63) is 29.8 Å². The number of nitrogens with one attached hydrogen (secondary N) is 1. The monoisotopic (exact) mass is 331 g/mol. The smallest absolute Gasteiger partial charge is 0.320 e. The van der Waals surface area contributed by atoms with Crippen LogP contribution in [0.4, 0.5) is 5.69 Å². The molecule has 6 heteroatoms. The summed E-state index contributed by atoms with van der Waals surface area (Å²) in [5.74, 6) is -0.915. The number of nitrogens with zero attached hydrogens (tertiary/aromatic N) is 2. The van der Waals surface area contributed by atoms with E-state index in [0.29, 0.717) is 19.4 Å². The van der Waals surface area contributed by atoms with Crippen LogP contribution in [0.2, 0.25) is 0 Å². The number of amides is 1. The van der Waals surface area contributed by atoms with Gasteiger partial charge in [0.15, 0.2) is 0 Å². The highest BCUT2D eigenvalue weighted by atomic mass is 16.4. The van der Waals surface area contributed by atoms with Gasteiger partial charge in [0.1, 0.15) is 6.04 Å². The van der Waals surface area contributed by atoms with Gasteiger partial charge in [-0.05, 0) is 37.3 Å². The van der Waals surface area contributed by atoms with Crippen LogP contribution in [-0.4, -0.2) is 54.1 Å². The first-order valence-electron chi connectivity index (χ1n) is 8.63. The van der Waals surface area contributed by atoms with Gasteiger partial charge in [-0.2, -0.15) is 0 Å². The summed E-state index contributed by atoms with van der Waals surface area (Å²) < 4.78 is 0. The minimum Gasteiger partial charge on any atom is -0.480 e. The van der Waals surface area contributed by atoms with Gasteiger partial charge in [-0.15, -0.1) is 0 Å².